The molecule has 2 aliphatic rings. The molecule has 0 spiro atoms. The number of hydrogen-bond acceptors (Lipinski definition) is 7. The quantitative estimate of drug-likeness (QED) is 0.332. The Labute approximate surface area is 209 Å². The van der Waals surface area contributed by atoms with Gasteiger partial charge in [0, 0.05) is 5.56 Å². The van der Waals surface area contributed by atoms with Crippen LogP contribution < -0.4 is 11.5 Å². The minimum Gasteiger partial charge on any atom is -0.465 e. The third-order valence-electron chi connectivity index (χ3n) is 5.68. The number of carbonyl (C=O) groups excluding carboxylic acids is 2. The fourth-order valence-electron chi connectivity index (χ4n) is 3.95. The van der Waals surface area contributed by atoms with Gasteiger partial charge in [0.25, 0.3) is 5.91 Å². The molecular formula is C24H25N3O7S2. The largest absolute Gasteiger partial charge is 0.465 e. The van der Waals surface area contributed by atoms with Crippen molar-refractivity contribution in [3.63, 3.8) is 0 Å². The van der Waals surface area contributed by atoms with E-state index in [1.807, 2.05) is 0 Å². The summed E-state index contributed by atoms with van der Waals surface area (Å²) in [4.78, 5) is 27.0. The molecule has 36 heavy (non-hydrogen) atoms. The van der Waals surface area contributed by atoms with Crippen LogP contribution in [-0.4, -0.2) is 53.3 Å². The zero-order valence-electron chi connectivity index (χ0n) is 19.9. The number of hydrogen-bond donors (Lipinski definition) is 2. The molecule has 4 rings (SSSR count). The smallest absolute Gasteiger partial charge is 0.338 e. The highest BCUT2D eigenvalue weighted by atomic mass is 32.2. The highest BCUT2D eigenvalue weighted by Gasteiger charge is 2.32. The average molecular weight is 532 g/mol. The van der Waals surface area contributed by atoms with Crippen molar-refractivity contribution in [2.75, 3.05) is 18.6 Å². The van der Waals surface area contributed by atoms with Crippen LogP contribution in [0.3, 0.4) is 0 Å². The minimum absolute atomic E-state index is 0.0770. The molecule has 4 N–H and O–H groups in total. The summed E-state index contributed by atoms with van der Waals surface area (Å²) in [6, 6.07) is 5.99. The lowest BCUT2D eigenvalue weighted by Gasteiger charge is -2.06. The molecule has 2 aromatic carbocycles. The molecule has 2 aliphatic heterocycles. The van der Waals surface area contributed by atoms with Crippen LogP contribution in [0.5, 0.6) is 0 Å². The lowest BCUT2D eigenvalue weighted by molar-refractivity contribution is 0.0599. The summed E-state index contributed by atoms with van der Waals surface area (Å²) in [6.07, 6.45) is 0. The van der Waals surface area contributed by atoms with E-state index >= 15 is 0 Å². The maximum atomic E-state index is 11.9. The summed E-state index contributed by atoms with van der Waals surface area (Å²) >= 11 is 0. The van der Waals surface area contributed by atoms with E-state index in [2.05, 4.69) is 22.9 Å². The van der Waals surface area contributed by atoms with Gasteiger partial charge in [-0.1, -0.05) is 13.2 Å². The number of nitrogens with zero attached hydrogens (tertiary/aromatic N) is 1. The molecule has 12 heteroatoms. The first-order chi connectivity index (χ1) is 16.6. The van der Waals surface area contributed by atoms with Gasteiger partial charge in [-0.2, -0.15) is 4.99 Å². The van der Waals surface area contributed by atoms with Crippen LogP contribution in [0.4, 0.5) is 0 Å². The van der Waals surface area contributed by atoms with Crippen LogP contribution >= 0.6 is 0 Å². The Kier molecular flexibility index (Phi) is 6.97. The predicted molar refractivity (Wildman–Crippen MR) is 136 cm³/mol. The van der Waals surface area contributed by atoms with Crippen LogP contribution in [0.1, 0.15) is 43.0 Å². The molecule has 10 nitrogen and oxygen atoms in total. The Balaban J connectivity index is 0.000000202. The fourth-order valence-corrected chi connectivity index (χ4v) is 7.16. The maximum Gasteiger partial charge on any atom is 0.338 e. The highest BCUT2D eigenvalue weighted by molar-refractivity contribution is 7.92. The van der Waals surface area contributed by atoms with Crippen molar-refractivity contribution >= 4 is 48.7 Å². The van der Waals surface area contributed by atoms with E-state index in [-0.39, 0.29) is 38.4 Å². The number of aliphatic imine (C=N–C) groups is 1. The summed E-state index contributed by atoms with van der Waals surface area (Å²) in [5.41, 5.74) is 14.3. The Hall–Kier alpha value is -3.77. The zero-order chi connectivity index (χ0) is 27.2. The standard InChI is InChI=1S/C12H13N3O3S.C12H12O4S/c1-6-3-8-7(2)5-19(17,18)10(8)4-9(6)11(16)15-12(13)14;1-7-4-9-8(2)6-17(14,15)11(9)5-10(7)12(13)16-3/h3-4H,2,5H2,1H3,(H4,13,14,15,16);4-5H,2,6H2,1,3H3. The third kappa shape index (κ3) is 4.95. The highest BCUT2D eigenvalue weighted by Crippen LogP contribution is 2.36. The molecule has 0 bridgehead atoms. The number of amides is 1. The molecule has 0 unspecified atom stereocenters. The molecular weight excluding hydrogens is 506 g/mol. The van der Waals surface area contributed by atoms with Crippen LogP contribution in [0, 0.1) is 13.8 Å². The van der Waals surface area contributed by atoms with E-state index in [1.54, 1.807) is 26.0 Å². The van der Waals surface area contributed by atoms with Gasteiger partial charge in [-0.15, -0.1) is 0 Å². The van der Waals surface area contributed by atoms with Gasteiger partial charge in [-0.3, -0.25) is 4.79 Å². The van der Waals surface area contributed by atoms with Gasteiger partial charge >= 0.3 is 5.97 Å². The number of carbonyl (C=O) groups is 2. The van der Waals surface area contributed by atoms with Crippen molar-refractivity contribution in [2.45, 2.75) is 23.6 Å². The second-order valence-electron chi connectivity index (χ2n) is 8.39. The Bertz CT molecular complexity index is 1600. The number of benzene rings is 2. The summed E-state index contributed by atoms with van der Waals surface area (Å²) in [5, 5.41) is 0. The van der Waals surface area contributed by atoms with Crippen molar-refractivity contribution in [3.8, 4) is 0 Å². The van der Waals surface area contributed by atoms with E-state index in [9.17, 15) is 26.4 Å². The van der Waals surface area contributed by atoms with E-state index in [1.165, 1.54) is 19.2 Å². The third-order valence-corrected chi connectivity index (χ3v) is 9.15. The number of fused-ring (bicyclic) bond motifs is 2. The number of esters is 1. The van der Waals surface area contributed by atoms with E-state index in [0.717, 1.165) is 0 Å². The number of sulfone groups is 2. The molecule has 0 saturated heterocycles. The first-order valence-electron chi connectivity index (χ1n) is 10.4. The second kappa shape index (κ2) is 9.36. The molecule has 0 aromatic heterocycles. The predicted octanol–water partition coefficient (Wildman–Crippen LogP) is 1.79. The van der Waals surface area contributed by atoms with Crippen molar-refractivity contribution in [1.29, 1.82) is 0 Å². The maximum absolute atomic E-state index is 11.9. The number of rotatable bonds is 2. The molecule has 0 radical (unpaired) electrons. The molecule has 0 saturated carbocycles. The number of methoxy groups -OCH3 is 1. The minimum atomic E-state index is -3.42. The zero-order valence-corrected chi connectivity index (χ0v) is 21.5. The molecule has 0 aliphatic carbocycles. The van der Waals surface area contributed by atoms with Gasteiger partial charge in [0.15, 0.2) is 25.6 Å². The molecule has 2 heterocycles. The van der Waals surface area contributed by atoms with Crippen LogP contribution in [-0.2, 0) is 24.4 Å². The lowest BCUT2D eigenvalue weighted by atomic mass is 10.0. The number of nitrogens with two attached hydrogens (primary N) is 2. The van der Waals surface area contributed by atoms with Gasteiger partial charge in [-0.05, 0) is 71.5 Å². The Morgan fingerprint density at radius 1 is 0.833 bits per heavy atom. The molecule has 0 atom stereocenters. The van der Waals surface area contributed by atoms with E-state index < -0.39 is 31.6 Å². The lowest BCUT2D eigenvalue weighted by Crippen LogP contribution is -2.24. The normalized spacial score (nSPS) is 16.3. The van der Waals surface area contributed by atoms with Crippen LogP contribution in [0.2, 0.25) is 0 Å². The number of ether oxygens (including phenoxy) is 1. The van der Waals surface area contributed by atoms with Crippen molar-refractivity contribution in [1.82, 2.24) is 0 Å². The summed E-state index contributed by atoms with van der Waals surface area (Å²) in [6.45, 7) is 10.9. The monoisotopic (exact) mass is 531 g/mol. The SMILES string of the molecule is C=C1CS(=O)(=O)c2cc(C(=O)N=C(N)N)c(C)cc21.C=C1CS(=O)(=O)c2cc(C(=O)OC)c(C)cc21. The Morgan fingerprint density at radius 3 is 1.67 bits per heavy atom. The van der Waals surface area contributed by atoms with Gasteiger partial charge in [0.2, 0.25) is 0 Å². The van der Waals surface area contributed by atoms with Gasteiger partial charge in [0.05, 0.1) is 34.0 Å². The summed E-state index contributed by atoms with van der Waals surface area (Å²) < 4.78 is 52.1. The van der Waals surface area contributed by atoms with Crippen LogP contribution in [0.15, 0.2) is 52.2 Å². The van der Waals surface area contributed by atoms with Gasteiger partial charge in [0.1, 0.15) is 0 Å². The van der Waals surface area contributed by atoms with E-state index in [4.69, 9.17) is 11.5 Å². The van der Waals surface area contributed by atoms with Crippen molar-refractivity contribution in [2.24, 2.45) is 16.5 Å². The van der Waals surface area contributed by atoms with Crippen molar-refractivity contribution in [3.05, 3.63) is 70.8 Å². The Morgan fingerprint density at radius 2 is 1.25 bits per heavy atom. The first-order valence-corrected chi connectivity index (χ1v) is 13.7. The van der Waals surface area contributed by atoms with E-state index in [0.29, 0.717) is 33.4 Å². The molecule has 2 aromatic rings. The fraction of sp³-hybridized carbons (Fsp3) is 0.208. The topological polar surface area (TPSA) is 176 Å². The molecule has 1 amide bonds. The molecule has 190 valence electrons. The second-order valence-corrected chi connectivity index (χ2v) is 12.3. The molecule has 0 fully saturated rings. The first kappa shape index (κ1) is 26.8. The van der Waals surface area contributed by atoms with Crippen LogP contribution in [0.25, 0.3) is 11.1 Å². The summed E-state index contributed by atoms with van der Waals surface area (Å²) in [7, 11) is -5.50. The van der Waals surface area contributed by atoms with Crippen molar-refractivity contribution < 1.29 is 31.2 Å². The van der Waals surface area contributed by atoms with Gasteiger partial charge in [-0.25, -0.2) is 21.6 Å². The van der Waals surface area contributed by atoms with Gasteiger partial charge < -0.3 is 16.2 Å². The number of aryl methyl sites for hydroxylation is 2. The average Bonchev–Trinajstić information content (AvgIpc) is 3.12. The summed E-state index contributed by atoms with van der Waals surface area (Å²) in [5.74, 6) is -1.75. The number of guanidine groups is 1.